The lowest BCUT2D eigenvalue weighted by Crippen LogP contribution is -2.47. The smallest absolute Gasteiger partial charge is 0.230 e. The molecule has 1 saturated carbocycles. The van der Waals surface area contributed by atoms with Gasteiger partial charge in [0.15, 0.2) is 0 Å². The third kappa shape index (κ3) is 1.64. The highest BCUT2D eigenvalue weighted by Crippen LogP contribution is 2.46. The molecule has 1 aliphatic carbocycles. The number of hydrogen-bond donors (Lipinski definition) is 2. The Bertz CT molecular complexity index is 238. The molecular weight excluding hydrogens is 180 g/mol. The van der Waals surface area contributed by atoms with Crippen LogP contribution in [0.3, 0.4) is 0 Å². The number of aliphatic hydroxyl groups excluding tert-OH is 1. The summed E-state index contributed by atoms with van der Waals surface area (Å²) in [5.41, 5.74) is 5.35. The standard InChI is InChI=1S/C10H18N2O2/c11-7-10(3-4-10)9(14)12-5-1-2-8(13)6-12/h8,13H,1-7,11H2/t8-/m0/s1. The summed E-state index contributed by atoms with van der Waals surface area (Å²) in [4.78, 5) is 13.8. The molecular formula is C10H18N2O2. The molecule has 4 nitrogen and oxygen atoms in total. The molecule has 0 spiro atoms. The monoisotopic (exact) mass is 198 g/mol. The Kier molecular flexibility index (Phi) is 2.49. The third-order valence-corrected chi connectivity index (χ3v) is 3.38. The van der Waals surface area contributed by atoms with Crippen LogP contribution < -0.4 is 5.73 Å². The molecule has 0 radical (unpaired) electrons. The lowest BCUT2D eigenvalue weighted by atomic mass is 10.0. The average molecular weight is 198 g/mol. The zero-order chi connectivity index (χ0) is 10.2. The van der Waals surface area contributed by atoms with Crippen molar-refractivity contribution in [3.8, 4) is 0 Å². The molecule has 0 aromatic carbocycles. The minimum atomic E-state index is -0.332. The summed E-state index contributed by atoms with van der Waals surface area (Å²) in [6.45, 7) is 1.75. The number of β-amino-alcohol motifs (C(OH)–C–C–N with tert-alkyl or cyclic N) is 1. The van der Waals surface area contributed by atoms with E-state index in [0.29, 0.717) is 13.1 Å². The molecule has 2 aliphatic rings. The van der Waals surface area contributed by atoms with Gasteiger partial charge in [-0.2, -0.15) is 0 Å². The van der Waals surface area contributed by atoms with Crippen molar-refractivity contribution < 1.29 is 9.90 Å². The Morgan fingerprint density at radius 3 is 2.79 bits per heavy atom. The summed E-state index contributed by atoms with van der Waals surface area (Å²) in [5, 5.41) is 9.46. The number of rotatable bonds is 2. The second-order valence-corrected chi connectivity index (χ2v) is 4.53. The number of nitrogens with zero attached hydrogens (tertiary/aromatic N) is 1. The van der Waals surface area contributed by atoms with Gasteiger partial charge in [-0.05, 0) is 25.7 Å². The zero-order valence-electron chi connectivity index (χ0n) is 8.41. The second-order valence-electron chi connectivity index (χ2n) is 4.53. The third-order valence-electron chi connectivity index (χ3n) is 3.38. The van der Waals surface area contributed by atoms with Crippen molar-refractivity contribution in [1.29, 1.82) is 0 Å². The number of carbonyl (C=O) groups excluding carboxylic acids is 1. The summed E-state index contributed by atoms with van der Waals surface area (Å²) in [5.74, 6) is 0.166. The minimum Gasteiger partial charge on any atom is -0.391 e. The van der Waals surface area contributed by atoms with Crippen LogP contribution in [-0.2, 0) is 4.79 Å². The first-order valence-corrected chi connectivity index (χ1v) is 5.35. The topological polar surface area (TPSA) is 66.6 Å². The van der Waals surface area contributed by atoms with Crippen LogP contribution in [0.25, 0.3) is 0 Å². The fourth-order valence-corrected chi connectivity index (χ4v) is 2.13. The molecule has 0 aromatic rings. The highest BCUT2D eigenvalue weighted by Gasteiger charge is 2.50. The Morgan fingerprint density at radius 2 is 2.29 bits per heavy atom. The molecule has 1 saturated heterocycles. The Hall–Kier alpha value is -0.610. The van der Waals surface area contributed by atoms with Crippen LogP contribution in [0.5, 0.6) is 0 Å². The van der Waals surface area contributed by atoms with E-state index < -0.39 is 0 Å². The maximum Gasteiger partial charge on any atom is 0.230 e. The van der Waals surface area contributed by atoms with Gasteiger partial charge in [-0.25, -0.2) is 0 Å². The Labute approximate surface area is 84.1 Å². The molecule has 0 bridgehead atoms. The van der Waals surface area contributed by atoms with Crippen LogP contribution in [0.15, 0.2) is 0 Å². The summed E-state index contributed by atoms with van der Waals surface area (Å²) in [6, 6.07) is 0. The van der Waals surface area contributed by atoms with Crippen LogP contribution in [0.2, 0.25) is 0 Å². The molecule has 1 aliphatic heterocycles. The van der Waals surface area contributed by atoms with Crippen molar-refractivity contribution in [3.63, 3.8) is 0 Å². The van der Waals surface area contributed by atoms with E-state index in [1.807, 2.05) is 0 Å². The molecule has 3 N–H and O–H groups in total. The number of aliphatic hydroxyl groups is 1. The molecule has 4 heteroatoms. The number of hydrogen-bond acceptors (Lipinski definition) is 3. The quantitative estimate of drug-likeness (QED) is 0.640. The number of piperidine rings is 1. The number of carbonyl (C=O) groups is 1. The summed E-state index contributed by atoms with van der Waals surface area (Å²) < 4.78 is 0. The first kappa shape index (κ1) is 9.93. The van der Waals surface area contributed by atoms with Crippen molar-refractivity contribution >= 4 is 5.91 Å². The molecule has 80 valence electrons. The van der Waals surface area contributed by atoms with E-state index in [0.717, 1.165) is 32.2 Å². The van der Waals surface area contributed by atoms with Crippen LogP contribution in [0.1, 0.15) is 25.7 Å². The Morgan fingerprint density at radius 1 is 1.57 bits per heavy atom. The van der Waals surface area contributed by atoms with E-state index in [9.17, 15) is 9.90 Å². The Balaban J connectivity index is 1.97. The normalized spacial score (nSPS) is 30.1. The molecule has 2 rings (SSSR count). The van der Waals surface area contributed by atoms with Crippen LogP contribution in [0, 0.1) is 5.41 Å². The second kappa shape index (κ2) is 3.51. The molecule has 0 unspecified atom stereocenters. The highest BCUT2D eigenvalue weighted by atomic mass is 16.3. The SMILES string of the molecule is NCC1(C(=O)N2CCC[C@H](O)C2)CC1. The number of likely N-dealkylation sites (tertiary alicyclic amines) is 1. The highest BCUT2D eigenvalue weighted by molar-refractivity contribution is 5.85. The van der Waals surface area contributed by atoms with Crippen molar-refractivity contribution in [2.75, 3.05) is 19.6 Å². The molecule has 14 heavy (non-hydrogen) atoms. The van der Waals surface area contributed by atoms with Crippen LogP contribution >= 0.6 is 0 Å². The molecule has 0 aromatic heterocycles. The lowest BCUT2D eigenvalue weighted by molar-refractivity contribution is -0.139. The fourth-order valence-electron chi connectivity index (χ4n) is 2.13. The first-order valence-electron chi connectivity index (χ1n) is 5.35. The van der Waals surface area contributed by atoms with E-state index in [1.54, 1.807) is 4.90 Å². The zero-order valence-corrected chi connectivity index (χ0v) is 8.41. The first-order chi connectivity index (χ1) is 6.68. The fraction of sp³-hybridized carbons (Fsp3) is 0.900. The van der Waals surface area contributed by atoms with E-state index >= 15 is 0 Å². The van der Waals surface area contributed by atoms with Gasteiger partial charge in [-0.1, -0.05) is 0 Å². The van der Waals surface area contributed by atoms with Crippen molar-refractivity contribution in [2.45, 2.75) is 31.8 Å². The average Bonchev–Trinajstić information content (AvgIpc) is 2.97. The number of nitrogens with two attached hydrogens (primary N) is 1. The van der Waals surface area contributed by atoms with E-state index in [1.165, 1.54) is 0 Å². The van der Waals surface area contributed by atoms with E-state index in [2.05, 4.69) is 0 Å². The van der Waals surface area contributed by atoms with Gasteiger partial charge in [0.2, 0.25) is 5.91 Å². The van der Waals surface area contributed by atoms with Gasteiger partial charge in [0.05, 0.1) is 11.5 Å². The summed E-state index contributed by atoms with van der Waals surface area (Å²) in [6.07, 6.45) is 3.25. The molecule has 1 atom stereocenters. The van der Waals surface area contributed by atoms with Gasteiger partial charge in [0.1, 0.15) is 0 Å². The largest absolute Gasteiger partial charge is 0.391 e. The molecule has 1 heterocycles. The van der Waals surface area contributed by atoms with Crippen molar-refractivity contribution in [1.82, 2.24) is 4.90 Å². The number of amides is 1. The van der Waals surface area contributed by atoms with E-state index in [4.69, 9.17) is 5.73 Å². The van der Waals surface area contributed by atoms with Gasteiger partial charge in [0.25, 0.3) is 0 Å². The van der Waals surface area contributed by atoms with E-state index in [-0.39, 0.29) is 17.4 Å². The van der Waals surface area contributed by atoms with Crippen LogP contribution in [0.4, 0.5) is 0 Å². The van der Waals surface area contributed by atoms with Gasteiger partial charge < -0.3 is 15.7 Å². The summed E-state index contributed by atoms with van der Waals surface area (Å²) in [7, 11) is 0. The lowest BCUT2D eigenvalue weighted by Gasteiger charge is -2.32. The van der Waals surface area contributed by atoms with Gasteiger partial charge in [-0.15, -0.1) is 0 Å². The maximum absolute atomic E-state index is 12.0. The van der Waals surface area contributed by atoms with Crippen LogP contribution in [-0.4, -0.2) is 41.7 Å². The van der Waals surface area contributed by atoms with Crippen molar-refractivity contribution in [2.24, 2.45) is 11.1 Å². The summed E-state index contributed by atoms with van der Waals surface area (Å²) >= 11 is 0. The minimum absolute atomic E-state index is 0.166. The predicted molar refractivity (Wildman–Crippen MR) is 52.5 cm³/mol. The van der Waals surface area contributed by atoms with Gasteiger partial charge in [0, 0.05) is 19.6 Å². The predicted octanol–water partition coefficient (Wildman–Crippen LogP) is -0.291. The van der Waals surface area contributed by atoms with Gasteiger partial charge >= 0.3 is 0 Å². The maximum atomic E-state index is 12.0. The molecule has 2 fully saturated rings. The molecule has 1 amide bonds. The van der Waals surface area contributed by atoms with Crippen molar-refractivity contribution in [3.05, 3.63) is 0 Å². The van der Waals surface area contributed by atoms with Gasteiger partial charge in [-0.3, -0.25) is 4.79 Å².